The smallest absolute Gasteiger partial charge is 0.343 e. The van der Waals surface area contributed by atoms with Gasteiger partial charge in [0, 0.05) is 16.0 Å². The number of methoxy groups -OCH3 is 1. The second-order valence-electron chi connectivity index (χ2n) is 8.86. The minimum absolute atomic E-state index is 0.257. The van der Waals surface area contributed by atoms with Crippen LogP contribution in [0.3, 0.4) is 0 Å². The van der Waals surface area contributed by atoms with Crippen molar-refractivity contribution >= 4 is 40.6 Å². The Morgan fingerprint density at radius 1 is 0.927 bits per heavy atom. The number of H-pyrrole nitrogens is 1. The number of hydrogen-bond donors (Lipinski definition) is 2. The summed E-state index contributed by atoms with van der Waals surface area (Å²) in [7, 11) is 1.59. The average Bonchev–Trinajstić information content (AvgIpc) is 3.39. The summed E-state index contributed by atoms with van der Waals surface area (Å²) in [5.41, 5.74) is 6.28. The fraction of sp³-hybridized carbons (Fsp3) is 0.0938. The molecule has 0 aliphatic rings. The first-order valence-electron chi connectivity index (χ1n) is 12.8. The molecule has 4 aromatic carbocycles. The number of amides is 1. The molecule has 0 atom stereocenters. The van der Waals surface area contributed by atoms with Crippen molar-refractivity contribution in [2.45, 2.75) is 6.92 Å². The molecule has 0 saturated carbocycles. The van der Waals surface area contributed by atoms with Crippen molar-refractivity contribution in [1.82, 2.24) is 10.4 Å². The molecule has 0 bridgehead atoms. The van der Waals surface area contributed by atoms with Crippen LogP contribution in [0.5, 0.6) is 17.2 Å². The first kappa shape index (κ1) is 27.5. The van der Waals surface area contributed by atoms with E-state index in [9.17, 15) is 9.59 Å². The number of nitrogens with zero attached hydrogens (tertiary/aromatic N) is 1. The van der Waals surface area contributed by atoms with Gasteiger partial charge in [0.05, 0.1) is 31.0 Å². The van der Waals surface area contributed by atoms with Gasteiger partial charge in [0.25, 0.3) is 5.91 Å². The van der Waals surface area contributed by atoms with E-state index in [1.54, 1.807) is 49.6 Å². The van der Waals surface area contributed by atoms with Crippen LogP contribution >= 0.6 is 11.6 Å². The normalized spacial score (nSPS) is 11.0. The maximum atomic E-state index is 13.3. The first-order chi connectivity index (χ1) is 20.0. The van der Waals surface area contributed by atoms with Gasteiger partial charge in [0.15, 0.2) is 11.5 Å². The third kappa shape index (κ3) is 6.08. The van der Waals surface area contributed by atoms with Gasteiger partial charge in [-0.15, -0.1) is 0 Å². The molecule has 9 heteroatoms. The van der Waals surface area contributed by atoms with Crippen LogP contribution in [0.2, 0.25) is 5.02 Å². The Labute approximate surface area is 241 Å². The fourth-order valence-corrected chi connectivity index (χ4v) is 4.49. The molecule has 2 N–H and O–H groups in total. The molecule has 206 valence electrons. The lowest BCUT2D eigenvalue weighted by atomic mass is 10.0. The van der Waals surface area contributed by atoms with Crippen molar-refractivity contribution in [2.24, 2.45) is 5.10 Å². The number of carbonyl (C=O) groups excluding carboxylic acids is 2. The molecular formula is C32H26ClN3O5. The second-order valence-corrected chi connectivity index (χ2v) is 9.30. The number of esters is 1. The molecule has 41 heavy (non-hydrogen) atoms. The number of carbonyl (C=O) groups is 2. The summed E-state index contributed by atoms with van der Waals surface area (Å²) in [6.45, 7) is 2.18. The highest BCUT2D eigenvalue weighted by Crippen LogP contribution is 2.36. The van der Waals surface area contributed by atoms with E-state index in [0.29, 0.717) is 45.5 Å². The molecule has 0 aliphatic carbocycles. The number of aromatic amines is 1. The third-order valence-electron chi connectivity index (χ3n) is 6.23. The predicted octanol–water partition coefficient (Wildman–Crippen LogP) is 6.88. The predicted molar refractivity (Wildman–Crippen MR) is 159 cm³/mol. The van der Waals surface area contributed by atoms with Gasteiger partial charge in [-0.3, -0.25) is 4.79 Å². The maximum absolute atomic E-state index is 13.3. The summed E-state index contributed by atoms with van der Waals surface area (Å²) in [5, 5.41) is 5.54. The van der Waals surface area contributed by atoms with Crippen molar-refractivity contribution < 1.29 is 23.8 Å². The third-order valence-corrected chi connectivity index (χ3v) is 6.49. The number of benzene rings is 4. The van der Waals surface area contributed by atoms with E-state index >= 15 is 0 Å². The molecule has 0 radical (unpaired) electrons. The SMILES string of the molecule is CCOc1cc(C=NNC(=O)c2[nH]c3c(OC)cccc3c2-c2ccccc2)ccc1OC(=O)c1ccc(Cl)cc1. The molecule has 0 fully saturated rings. The monoisotopic (exact) mass is 567 g/mol. The lowest BCUT2D eigenvalue weighted by molar-refractivity contribution is 0.0728. The Balaban J connectivity index is 1.37. The van der Waals surface area contributed by atoms with Crippen LogP contribution in [-0.4, -0.2) is 36.8 Å². The van der Waals surface area contributed by atoms with Gasteiger partial charge in [0.1, 0.15) is 11.4 Å². The van der Waals surface area contributed by atoms with Crippen molar-refractivity contribution in [3.05, 3.63) is 113 Å². The highest BCUT2D eigenvalue weighted by Gasteiger charge is 2.21. The summed E-state index contributed by atoms with van der Waals surface area (Å²) in [5.74, 6) is 0.284. The van der Waals surface area contributed by atoms with Crippen LogP contribution in [0.25, 0.3) is 22.0 Å². The average molecular weight is 568 g/mol. The Kier molecular flexibility index (Phi) is 8.31. The fourth-order valence-electron chi connectivity index (χ4n) is 4.36. The van der Waals surface area contributed by atoms with Crippen molar-refractivity contribution in [1.29, 1.82) is 0 Å². The minimum Gasteiger partial charge on any atom is -0.495 e. The molecule has 1 amide bonds. The van der Waals surface area contributed by atoms with Gasteiger partial charge < -0.3 is 19.2 Å². The summed E-state index contributed by atoms with van der Waals surface area (Å²) < 4.78 is 16.7. The van der Waals surface area contributed by atoms with Gasteiger partial charge in [-0.05, 0) is 66.6 Å². The number of rotatable bonds is 9. The Bertz CT molecular complexity index is 1730. The summed E-state index contributed by atoms with van der Waals surface area (Å²) in [4.78, 5) is 29.1. The van der Waals surface area contributed by atoms with E-state index < -0.39 is 11.9 Å². The molecule has 0 aliphatic heterocycles. The highest BCUT2D eigenvalue weighted by molar-refractivity contribution is 6.30. The molecule has 8 nitrogen and oxygen atoms in total. The number of halogens is 1. The molecule has 5 aromatic rings. The molecule has 1 heterocycles. The number of para-hydroxylation sites is 1. The zero-order valence-corrected chi connectivity index (χ0v) is 23.1. The Morgan fingerprint density at radius 3 is 2.44 bits per heavy atom. The number of fused-ring (bicyclic) bond motifs is 1. The molecular weight excluding hydrogens is 542 g/mol. The summed E-state index contributed by atoms with van der Waals surface area (Å²) in [6.07, 6.45) is 1.48. The zero-order valence-electron chi connectivity index (χ0n) is 22.3. The number of aromatic nitrogens is 1. The van der Waals surface area contributed by atoms with Crippen LogP contribution < -0.4 is 19.6 Å². The van der Waals surface area contributed by atoms with E-state index in [4.69, 9.17) is 25.8 Å². The molecule has 0 saturated heterocycles. The standard InChI is InChI=1S/C32H26ClN3O5/c1-3-40-27-18-20(12-17-25(27)41-32(38)22-13-15-23(33)16-14-22)19-34-36-31(37)30-28(21-8-5-4-6-9-21)24-10-7-11-26(39-2)29(24)35-30/h4-19,35H,3H2,1-2H3,(H,36,37). The molecule has 1 aromatic heterocycles. The summed E-state index contributed by atoms with van der Waals surface area (Å²) in [6, 6.07) is 26.7. The molecule has 0 spiro atoms. The van der Waals surface area contributed by atoms with Gasteiger partial charge >= 0.3 is 5.97 Å². The number of hydrogen-bond acceptors (Lipinski definition) is 6. The lowest BCUT2D eigenvalue weighted by Crippen LogP contribution is -2.19. The van der Waals surface area contributed by atoms with E-state index in [1.807, 2.05) is 55.5 Å². The number of ether oxygens (including phenoxy) is 3. The minimum atomic E-state index is -0.541. The quantitative estimate of drug-likeness (QED) is 0.0875. The van der Waals surface area contributed by atoms with Gasteiger partial charge in [-0.2, -0.15) is 5.10 Å². The van der Waals surface area contributed by atoms with Crippen LogP contribution in [0.15, 0.2) is 96.1 Å². The zero-order chi connectivity index (χ0) is 28.8. The highest BCUT2D eigenvalue weighted by atomic mass is 35.5. The summed E-state index contributed by atoms with van der Waals surface area (Å²) >= 11 is 5.91. The Morgan fingerprint density at radius 2 is 1.71 bits per heavy atom. The molecule has 5 rings (SSSR count). The van der Waals surface area contributed by atoms with Crippen molar-refractivity contribution in [3.63, 3.8) is 0 Å². The van der Waals surface area contributed by atoms with E-state index in [2.05, 4.69) is 15.5 Å². The number of hydrazone groups is 1. The Hall–Kier alpha value is -5.08. The van der Waals surface area contributed by atoms with E-state index in [0.717, 1.165) is 16.5 Å². The largest absolute Gasteiger partial charge is 0.495 e. The van der Waals surface area contributed by atoms with Crippen LogP contribution in [0.1, 0.15) is 33.3 Å². The second kappa shape index (κ2) is 12.4. The van der Waals surface area contributed by atoms with Crippen LogP contribution in [-0.2, 0) is 0 Å². The van der Waals surface area contributed by atoms with Gasteiger partial charge in [-0.25, -0.2) is 10.2 Å². The van der Waals surface area contributed by atoms with E-state index in [-0.39, 0.29) is 5.75 Å². The molecule has 0 unspecified atom stereocenters. The lowest BCUT2D eigenvalue weighted by Gasteiger charge is -2.11. The van der Waals surface area contributed by atoms with Crippen molar-refractivity contribution in [2.75, 3.05) is 13.7 Å². The number of nitrogens with one attached hydrogen (secondary N) is 2. The van der Waals surface area contributed by atoms with Gasteiger partial charge in [0.2, 0.25) is 0 Å². The van der Waals surface area contributed by atoms with Crippen LogP contribution in [0, 0.1) is 0 Å². The van der Waals surface area contributed by atoms with E-state index in [1.165, 1.54) is 6.21 Å². The van der Waals surface area contributed by atoms with Crippen molar-refractivity contribution in [3.8, 4) is 28.4 Å². The maximum Gasteiger partial charge on any atom is 0.343 e. The van der Waals surface area contributed by atoms with Gasteiger partial charge in [-0.1, -0.05) is 54.1 Å². The first-order valence-corrected chi connectivity index (χ1v) is 13.2. The topological polar surface area (TPSA) is 102 Å². The van der Waals surface area contributed by atoms with Crippen LogP contribution in [0.4, 0.5) is 0 Å².